The molecule has 8 heteroatoms. The van der Waals surface area contributed by atoms with E-state index in [0.717, 1.165) is 62.5 Å². The Hall–Kier alpha value is -1.98. The third-order valence-electron chi connectivity index (χ3n) is 7.81. The molecule has 0 atom stereocenters. The lowest BCUT2D eigenvalue weighted by molar-refractivity contribution is -0.118. The molecular formula is C31H34Cl4N2O2. The van der Waals surface area contributed by atoms with E-state index in [1.54, 1.807) is 60.7 Å². The highest BCUT2D eigenvalue weighted by Gasteiger charge is 2.27. The maximum Gasteiger partial charge on any atom is 0.244 e. The van der Waals surface area contributed by atoms with Crippen molar-refractivity contribution in [1.82, 2.24) is 10.6 Å². The molecule has 0 aromatic heterocycles. The Bertz CT molecular complexity index is 1120. The number of carbonyl (C=O) groups is 2. The van der Waals surface area contributed by atoms with Crippen molar-refractivity contribution in [1.29, 1.82) is 0 Å². The van der Waals surface area contributed by atoms with Crippen LogP contribution in [-0.4, -0.2) is 23.9 Å². The van der Waals surface area contributed by atoms with Gasteiger partial charge in [-0.05, 0) is 117 Å². The fraction of sp³-hybridized carbons (Fsp3) is 0.419. The smallest absolute Gasteiger partial charge is 0.244 e. The lowest BCUT2D eigenvalue weighted by Gasteiger charge is -2.34. The second-order valence-electron chi connectivity index (χ2n) is 10.7. The standard InChI is InChI=1S/C31H34Cl4N2O2/c32-24-9-5-22(28(34)18-24)7-15-30(38)36-26-11-1-20(2-12-26)17-21-3-13-27(14-4-21)37-31(39)16-8-23-6-10-25(33)19-29(23)35/h5-10,15-16,18-21,26-27H,1-4,11-14,17H2,(H,36,38)(H,37,39). The summed E-state index contributed by atoms with van der Waals surface area (Å²) in [7, 11) is 0. The van der Waals surface area contributed by atoms with E-state index in [1.807, 2.05) is 0 Å². The van der Waals surface area contributed by atoms with Crippen LogP contribution in [0.15, 0.2) is 48.6 Å². The van der Waals surface area contributed by atoms with Gasteiger partial charge in [0.05, 0.1) is 0 Å². The molecule has 0 spiro atoms. The first-order chi connectivity index (χ1) is 18.7. The number of carbonyl (C=O) groups excluding carboxylic acids is 2. The van der Waals surface area contributed by atoms with Crippen molar-refractivity contribution in [2.45, 2.75) is 69.9 Å². The summed E-state index contributed by atoms with van der Waals surface area (Å²) in [6.07, 6.45) is 16.4. The van der Waals surface area contributed by atoms with Crippen molar-refractivity contribution in [3.05, 3.63) is 79.8 Å². The normalized spacial score (nSPS) is 23.7. The Kier molecular flexibility index (Phi) is 11.2. The molecule has 2 aliphatic rings. The second-order valence-corrected chi connectivity index (χ2v) is 12.4. The minimum absolute atomic E-state index is 0.0871. The van der Waals surface area contributed by atoms with E-state index in [4.69, 9.17) is 46.4 Å². The van der Waals surface area contributed by atoms with Gasteiger partial charge in [0.15, 0.2) is 0 Å². The third kappa shape index (κ3) is 9.56. The maximum atomic E-state index is 12.4. The van der Waals surface area contributed by atoms with Crippen LogP contribution < -0.4 is 10.6 Å². The van der Waals surface area contributed by atoms with Crippen LogP contribution in [-0.2, 0) is 9.59 Å². The molecule has 2 aromatic carbocycles. The van der Waals surface area contributed by atoms with Gasteiger partial charge < -0.3 is 10.6 Å². The number of hydrogen-bond acceptors (Lipinski definition) is 2. The number of nitrogens with one attached hydrogen (secondary N) is 2. The Morgan fingerprint density at radius 2 is 1.03 bits per heavy atom. The summed E-state index contributed by atoms with van der Waals surface area (Å²) < 4.78 is 0. The summed E-state index contributed by atoms with van der Waals surface area (Å²) in [6, 6.07) is 10.9. The van der Waals surface area contributed by atoms with Gasteiger partial charge in [0.2, 0.25) is 11.8 Å². The van der Waals surface area contributed by atoms with Crippen molar-refractivity contribution in [3.8, 4) is 0 Å². The van der Waals surface area contributed by atoms with Gasteiger partial charge in [-0.25, -0.2) is 0 Å². The monoisotopic (exact) mass is 606 g/mol. The molecule has 0 saturated heterocycles. The first-order valence-electron chi connectivity index (χ1n) is 13.6. The predicted octanol–water partition coefficient (Wildman–Crippen LogP) is 8.77. The molecule has 0 radical (unpaired) electrons. The zero-order valence-corrected chi connectivity index (χ0v) is 24.8. The van der Waals surface area contributed by atoms with Crippen LogP contribution in [0.2, 0.25) is 20.1 Å². The number of benzene rings is 2. The van der Waals surface area contributed by atoms with E-state index in [2.05, 4.69) is 10.6 Å². The highest BCUT2D eigenvalue weighted by Crippen LogP contribution is 2.35. The summed E-state index contributed by atoms with van der Waals surface area (Å²) in [4.78, 5) is 24.8. The quantitative estimate of drug-likeness (QED) is 0.295. The summed E-state index contributed by atoms with van der Waals surface area (Å²) in [6.45, 7) is 0. The second kappa shape index (κ2) is 14.6. The molecular weight excluding hydrogens is 574 g/mol. The Labute approximate surface area is 251 Å². The molecule has 4 nitrogen and oxygen atoms in total. The molecule has 0 unspecified atom stereocenters. The zero-order valence-electron chi connectivity index (χ0n) is 21.8. The summed E-state index contributed by atoms with van der Waals surface area (Å²) in [5.74, 6) is 1.25. The van der Waals surface area contributed by atoms with Crippen LogP contribution in [0.25, 0.3) is 12.2 Å². The minimum Gasteiger partial charge on any atom is -0.350 e. The van der Waals surface area contributed by atoms with E-state index < -0.39 is 0 Å². The summed E-state index contributed by atoms with van der Waals surface area (Å²) >= 11 is 24.2. The zero-order chi connectivity index (χ0) is 27.8. The first-order valence-corrected chi connectivity index (χ1v) is 15.1. The number of halogens is 4. The van der Waals surface area contributed by atoms with Gasteiger partial charge in [-0.1, -0.05) is 58.5 Å². The van der Waals surface area contributed by atoms with Gasteiger partial charge >= 0.3 is 0 Å². The Morgan fingerprint density at radius 1 is 0.641 bits per heavy atom. The van der Waals surface area contributed by atoms with Crippen molar-refractivity contribution in [3.63, 3.8) is 0 Å². The third-order valence-corrected chi connectivity index (χ3v) is 8.93. The highest BCUT2D eigenvalue weighted by atomic mass is 35.5. The summed E-state index contributed by atoms with van der Waals surface area (Å²) in [5.41, 5.74) is 1.54. The lowest BCUT2D eigenvalue weighted by Crippen LogP contribution is -2.38. The molecule has 2 N–H and O–H groups in total. The van der Waals surface area contributed by atoms with Crippen LogP contribution in [0.3, 0.4) is 0 Å². The highest BCUT2D eigenvalue weighted by molar-refractivity contribution is 6.36. The molecule has 0 bridgehead atoms. The maximum absolute atomic E-state index is 12.4. The fourth-order valence-corrected chi connectivity index (χ4v) is 6.60. The van der Waals surface area contributed by atoms with Crippen molar-refractivity contribution < 1.29 is 9.59 Å². The first kappa shape index (κ1) is 30.0. The minimum atomic E-state index is -0.0871. The summed E-state index contributed by atoms with van der Waals surface area (Å²) in [5, 5.41) is 8.48. The van der Waals surface area contributed by atoms with Gasteiger partial charge in [0.25, 0.3) is 0 Å². The SMILES string of the molecule is O=C(C=Cc1ccc(Cl)cc1Cl)NC1CCC(CC2CCC(NC(=O)C=Cc3ccc(Cl)cc3Cl)CC2)CC1. The van der Waals surface area contributed by atoms with Crippen LogP contribution in [0.1, 0.15) is 68.9 Å². The van der Waals surface area contributed by atoms with E-state index in [-0.39, 0.29) is 23.9 Å². The molecule has 0 aliphatic heterocycles. The molecule has 0 heterocycles. The van der Waals surface area contributed by atoms with E-state index in [9.17, 15) is 9.59 Å². The lowest BCUT2D eigenvalue weighted by atomic mass is 9.75. The average molecular weight is 608 g/mol. The van der Waals surface area contributed by atoms with Crippen LogP contribution in [0.4, 0.5) is 0 Å². The molecule has 2 aromatic rings. The molecule has 2 amide bonds. The molecule has 4 rings (SSSR count). The van der Waals surface area contributed by atoms with Crippen LogP contribution >= 0.6 is 46.4 Å². The average Bonchev–Trinajstić information content (AvgIpc) is 2.90. The van der Waals surface area contributed by atoms with Crippen molar-refractivity contribution in [2.24, 2.45) is 11.8 Å². The fourth-order valence-electron chi connectivity index (χ4n) is 5.66. The topological polar surface area (TPSA) is 58.2 Å². The molecule has 2 saturated carbocycles. The van der Waals surface area contributed by atoms with Gasteiger partial charge in [-0.2, -0.15) is 0 Å². The molecule has 39 heavy (non-hydrogen) atoms. The van der Waals surface area contributed by atoms with Crippen molar-refractivity contribution in [2.75, 3.05) is 0 Å². The molecule has 2 aliphatic carbocycles. The number of rotatable bonds is 8. The van der Waals surface area contributed by atoms with Gasteiger partial charge in [-0.15, -0.1) is 0 Å². The molecule has 2 fully saturated rings. The molecule has 208 valence electrons. The Morgan fingerprint density at radius 3 is 1.38 bits per heavy atom. The van der Waals surface area contributed by atoms with Crippen LogP contribution in [0.5, 0.6) is 0 Å². The predicted molar refractivity (Wildman–Crippen MR) is 163 cm³/mol. The number of hydrogen-bond donors (Lipinski definition) is 2. The van der Waals surface area contributed by atoms with E-state index >= 15 is 0 Å². The van der Waals surface area contributed by atoms with Crippen molar-refractivity contribution >= 4 is 70.4 Å². The van der Waals surface area contributed by atoms with Gasteiger partial charge in [0.1, 0.15) is 0 Å². The Balaban J connectivity index is 1.12. The van der Waals surface area contributed by atoms with Gasteiger partial charge in [0, 0.05) is 44.3 Å². The van der Waals surface area contributed by atoms with Gasteiger partial charge in [-0.3, -0.25) is 9.59 Å². The van der Waals surface area contributed by atoms with Crippen LogP contribution in [0, 0.1) is 11.8 Å². The largest absolute Gasteiger partial charge is 0.350 e. The van der Waals surface area contributed by atoms with E-state index in [1.165, 1.54) is 6.42 Å². The van der Waals surface area contributed by atoms with E-state index in [0.29, 0.717) is 31.9 Å². The number of amides is 2.